The number of nitrogens with zero attached hydrogens (tertiary/aromatic N) is 2. The van der Waals surface area contributed by atoms with Gasteiger partial charge in [0, 0.05) is 48.9 Å². The Bertz CT molecular complexity index is 974. The van der Waals surface area contributed by atoms with Crippen molar-refractivity contribution in [3.63, 3.8) is 0 Å². The quantitative estimate of drug-likeness (QED) is 0.689. The van der Waals surface area contributed by atoms with Crippen molar-refractivity contribution in [1.82, 2.24) is 15.2 Å². The van der Waals surface area contributed by atoms with Gasteiger partial charge in [-0.1, -0.05) is 17.7 Å². The average molecular weight is 456 g/mol. The first-order valence-corrected chi connectivity index (χ1v) is 11.6. The summed E-state index contributed by atoms with van der Waals surface area (Å²) in [6.45, 7) is 5.65. The molecule has 170 valence electrons. The maximum absolute atomic E-state index is 12.9. The summed E-state index contributed by atoms with van der Waals surface area (Å²) >= 11 is 6.00. The number of hydrogen-bond acceptors (Lipinski definition) is 4. The van der Waals surface area contributed by atoms with Crippen molar-refractivity contribution < 1.29 is 14.3 Å². The maximum Gasteiger partial charge on any atom is 0.263 e. The molecule has 2 aliphatic rings. The third kappa shape index (κ3) is 5.07. The zero-order valence-corrected chi connectivity index (χ0v) is 19.4. The average Bonchev–Trinajstić information content (AvgIpc) is 3.49. The van der Waals surface area contributed by atoms with Gasteiger partial charge in [0.1, 0.15) is 5.75 Å². The molecule has 0 radical (unpaired) electrons. The second-order valence-electron chi connectivity index (χ2n) is 8.98. The second kappa shape index (κ2) is 9.49. The second-order valence-corrected chi connectivity index (χ2v) is 9.41. The molecule has 1 N–H and O–H groups in total. The lowest BCUT2D eigenvalue weighted by Gasteiger charge is -2.34. The molecule has 1 aliphatic heterocycles. The van der Waals surface area contributed by atoms with Gasteiger partial charge in [0.25, 0.3) is 5.91 Å². The molecule has 1 aromatic carbocycles. The molecule has 6 nitrogen and oxygen atoms in total. The molecule has 1 aromatic heterocycles. The number of ether oxygens (including phenoxy) is 1. The Labute approximate surface area is 194 Å². The topological polar surface area (TPSA) is 71.5 Å². The van der Waals surface area contributed by atoms with Gasteiger partial charge in [-0.2, -0.15) is 0 Å². The molecule has 2 fully saturated rings. The number of benzene rings is 1. The van der Waals surface area contributed by atoms with E-state index >= 15 is 0 Å². The number of hydrogen-bond donors (Lipinski definition) is 1. The Kier molecular flexibility index (Phi) is 6.70. The van der Waals surface area contributed by atoms with Crippen molar-refractivity contribution >= 4 is 23.4 Å². The first-order valence-electron chi connectivity index (χ1n) is 11.3. The summed E-state index contributed by atoms with van der Waals surface area (Å²) < 4.78 is 5.90. The molecule has 2 heterocycles. The van der Waals surface area contributed by atoms with E-state index in [1.54, 1.807) is 25.3 Å². The van der Waals surface area contributed by atoms with Crippen LogP contribution in [0.2, 0.25) is 5.02 Å². The van der Waals surface area contributed by atoms with Gasteiger partial charge < -0.3 is 15.0 Å². The number of carbonyl (C=O) groups excluding carboxylic acids is 2. The van der Waals surface area contributed by atoms with Crippen LogP contribution in [-0.2, 0) is 16.0 Å². The Hall–Kier alpha value is -2.60. The number of nitrogens with one attached hydrogen (secondary N) is 1. The van der Waals surface area contributed by atoms with Gasteiger partial charge in [-0.15, -0.1) is 0 Å². The number of pyridine rings is 1. The normalized spacial score (nSPS) is 20.0. The first-order chi connectivity index (χ1) is 15.4. The van der Waals surface area contributed by atoms with Crippen LogP contribution in [0.4, 0.5) is 0 Å². The third-order valence-corrected chi connectivity index (χ3v) is 7.01. The van der Waals surface area contributed by atoms with Crippen LogP contribution in [0.1, 0.15) is 37.4 Å². The molecule has 1 spiro atoms. The van der Waals surface area contributed by atoms with Gasteiger partial charge in [-0.3, -0.25) is 14.6 Å². The Morgan fingerprint density at radius 1 is 1.28 bits per heavy atom. The number of likely N-dealkylation sites (tertiary alicyclic amines) is 1. The number of piperidine rings is 1. The van der Waals surface area contributed by atoms with E-state index < -0.39 is 6.10 Å². The number of aromatic nitrogens is 1. The fraction of sp³-hybridized carbons (Fsp3) is 0.480. The summed E-state index contributed by atoms with van der Waals surface area (Å²) in [7, 11) is 0. The molecule has 2 atom stereocenters. The van der Waals surface area contributed by atoms with Gasteiger partial charge in [0.05, 0.1) is 0 Å². The highest BCUT2D eigenvalue weighted by Gasteiger charge is 2.58. The molecule has 0 bridgehead atoms. The number of amides is 2. The molecule has 2 aromatic rings. The van der Waals surface area contributed by atoms with Crippen LogP contribution < -0.4 is 10.1 Å². The van der Waals surface area contributed by atoms with Gasteiger partial charge in [-0.05, 0) is 74.4 Å². The van der Waals surface area contributed by atoms with E-state index in [4.69, 9.17) is 16.3 Å². The largest absolute Gasteiger partial charge is 0.481 e. The van der Waals surface area contributed by atoms with E-state index in [0.29, 0.717) is 30.4 Å². The lowest BCUT2D eigenvalue weighted by molar-refractivity contribution is -0.139. The lowest BCUT2D eigenvalue weighted by atomic mass is 9.90. The molecular weight excluding hydrogens is 426 g/mol. The summed E-state index contributed by atoms with van der Waals surface area (Å²) in [5.41, 5.74) is 1.95. The molecule has 32 heavy (non-hydrogen) atoms. The molecule has 2 unspecified atom stereocenters. The van der Waals surface area contributed by atoms with Crippen LogP contribution in [0.5, 0.6) is 5.75 Å². The SMILES string of the molecule is Cc1cc(Cl)ccc1OC(C)C(=O)N1CCC2(CC1)CC2C(=O)NCCc1ccccn1. The minimum atomic E-state index is -0.561. The predicted octanol–water partition coefficient (Wildman–Crippen LogP) is 3.80. The van der Waals surface area contributed by atoms with Crippen molar-refractivity contribution in [1.29, 1.82) is 0 Å². The smallest absolute Gasteiger partial charge is 0.263 e. The van der Waals surface area contributed by atoms with Crippen molar-refractivity contribution in [3.8, 4) is 5.75 Å². The highest BCUT2D eigenvalue weighted by molar-refractivity contribution is 6.30. The van der Waals surface area contributed by atoms with Gasteiger partial charge in [-0.25, -0.2) is 0 Å². The molecule has 1 aliphatic carbocycles. The Morgan fingerprint density at radius 3 is 2.75 bits per heavy atom. The van der Waals surface area contributed by atoms with Crippen LogP contribution in [-0.4, -0.2) is 47.4 Å². The van der Waals surface area contributed by atoms with Crippen molar-refractivity contribution in [2.45, 2.75) is 45.6 Å². The number of halogens is 1. The van der Waals surface area contributed by atoms with E-state index in [0.717, 1.165) is 36.9 Å². The molecule has 1 saturated heterocycles. The van der Waals surface area contributed by atoms with Crippen molar-refractivity contribution in [2.24, 2.45) is 11.3 Å². The Balaban J connectivity index is 1.22. The van der Waals surface area contributed by atoms with E-state index in [2.05, 4.69) is 10.3 Å². The molecular formula is C25H30ClN3O3. The predicted molar refractivity (Wildman–Crippen MR) is 124 cm³/mol. The maximum atomic E-state index is 12.9. The van der Waals surface area contributed by atoms with Crippen LogP contribution >= 0.6 is 11.6 Å². The first kappa shape index (κ1) is 22.6. The van der Waals surface area contributed by atoms with Crippen molar-refractivity contribution in [3.05, 3.63) is 58.9 Å². The zero-order chi connectivity index (χ0) is 22.7. The summed E-state index contributed by atoms with van der Waals surface area (Å²) in [5.74, 6) is 0.865. The van der Waals surface area contributed by atoms with E-state index in [9.17, 15) is 9.59 Å². The molecule has 4 rings (SSSR count). The lowest BCUT2D eigenvalue weighted by Crippen LogP contribution is -2.46. The summed E-state index contributed by atoms with van der Waals surface area (Å²) in [6, 6.07) is 11.2. The van der Waals surface area contributed by atoms with E-state index in [-0.39, 0.29) is 23.1 Å². The fourth-order valence-corrected chi connectivity index (χ4v) is 4.90. The molecule has 7 heteroatoms. The van der Waals surface area contributed by atoms with Gasteiger partial charge >= 0.3 is 0 Å². The zero-order valence-electron chi connectivity index (χ0n) is 18.6. The van der Waals surface area contributed by atoms with Crippen LogP contribution in [0, 0.1) is 18.3 Å². The number of carbonyl (C=O) groups is 2. The minimum absolute atomic E-state index is 0.00814. The van der Waals surface area contributed by atoms with E-state index in [1.807, 2.05) is 36.1 Å². The van der Waals surface area contributed by atoms with Crippen LogP contribution in [0.3, 0.4) is 0 Å². The third-order valence-electron chi connectivity index (χ3n) is 6.77. The molecule has 2 amide bonds. The van der Waals surface area contributed by atoms with Gasteiger partial charge in [0.2, 0.25) is 5.91 Å². The van der Waals surface area contributed by atoms with Crippen molar-refractivity contribution in [2.75, 3.05) is 19.6 Å². The number of rotatable bonds is 7. The van der Waals surface area contributed by atoms with Crippen LogP contribution in [0.25, 0.3) is 0 Å². The highest BCUT2D eigenvalue weighted by atomic mass is 35.5. The summed E-state index contributed by atoms with van der Waals surface area (Å²) in [5, 5.41) is 3.71. The number of aryl methyl sites for hydroxylation is 1. The van der Waals surface area contributed by atoms with Crippen LogP contribution in [0.15, 0.2) is 42.6 Å². The minimum Gasteiger partial charge on any atom is -0.481 e. The summed E-state index contributed by atoms with van der Waals surface area (Å²) in [6.07, 6.45) is 4.59. The van der Waals surface area contributed by atoms with Gasteiger partial charge in [0.15, 0.2) is 6.10 Å². The fourth-order valence-electron chi connectivity index (χ4n) is 4.67. The summed E-state index contributed by atoms with van der Waals surface area (Å²) in [4.78, 5) is 31.7. The molecule has 1 saturated carbocycles. The highest BCUT2D eigenvalue weighted by Crippen LogP contribution is 2.59. The van der Waals surface area contributed by atoms with E-state index in [1.165, 1.54) is 0 Å². The monoisotopic (exact) mass is 455 g/mol. The standard InChI is InChI=1S/C25H30ClN3O3/c1-17-15-19(26)6-7-22(17)32-18(2)24(31)29-13-9-25(10-14-29)16-21(25)23(30)28-12-8-20-5-3-4-11-27-20/h3-7,11,15,18,21H,8-10,12-14,16H2,1-2H3,(H,28,30). The Morgan fingerprint density at radius 2 is 2.06 bits per heavy atom.